The lowest BCUT2D eigenvalue weighted by molar-refractivity contribution is -0.122. The number of imidazole rings is 1. The molecule has 3 N–H and O–H groups in total. The predicted octanol–water partition coefficient (Wildman–Crippen LogP) is 0.152. The van der Waals surface area contributed by atoms with E-state index in [2.05, 4.69) is 30.4 Å². The van der Waals surface area contributed by atoms with E-state index in [1.165, 1.54) is 6.42 Å². The molecule has 0 saturated carbocycles. The molecule has 1 aliphatic rings. The smallest absolute Gasteiger partial charge is 0.290 e. The number of aryl methyl sites for hydroxylation is 1. The number of nitrogens with one attached hydrogen (secondary N) is 2. The Hall–Kier alpha value is -2.75. The van der Waals surface area contributed by atoms with Gasteiger partial charge in [0, 0.05) is 31.9 Å². The Bertz CT molecular complexity index is 671. The number of piperidine rings is 1. The lowest BCUT2D eigenvalue weighted by Crippen LogP contribution is -2.42. The molecule has 1 saturated heterocycles. The molecule has 2 aromatic rings. The molecule has 1 fully saturated rings. The van der Waals surface area contributed by atoms with Crippen LogP contribution in [0.5, 0.6) is 0 Å². The van der Waals surface area contributed by atoms with Crippen LogP contribution in [0.25, 0.3) is 0 Å². The number of carboxylic acid groups (broad SMARTS) is 1. The summed E-state index contributed by atoms with van der Waals surface area (Å²) in [6, 6.07) is 0. The molecule has 0 spiro atoms. The molecule has 1 amide bonds. The molecule has 142 valence electrons. The number of rotatable bonds is 6. The number of nitrogens with zero attached hydrogens (tertiary/aromatic N) is 5. The highest BCUT2D eigenvalue weighted by Gasteiger charge is 2.21. The van der Waals surface area contributed by atoms with Gasteiger partial charge >= 0.3 is 0 Å². The SMILES string of the molecule is Cc1[nH]cnc1C(=O)NCC1CCCN(CCn2cnnc2)C1.O=CO. The van der Waals surface area contributed by atoms with Crippen molar-refractivity contribution in [1.29, 1.82) is 0 Å². The van der Waals surface area contributed by atoms with Crippen molar-refractivity contribution in [3.8, 4) is 0 Å². The Morgan fingerprint density at radius 1 is 1.42 bits per heavy atom. The maximum Gasteiger partial charge on any atom is 0.290 e. The van der Waals surface area contributed by atoms with E-state index in [1.54, 1.807) is 19.0 Å². The van der Waals surface area contributed by atoms with Crippen LogP contribution in [-0.2, 0) is 11.3 Å². The molecule has 1 atom stereocenters. The first-order chi connectivity index (χ1) is 12.6. The van der Waals surface area contributed by atoms with Crippen LogP contribution >= 0.6 is 0 Å². The number of likely N-dealkylation sites (tertiary alicyclic amines) is 1. The van der Waals surface area contributed by atoms with Crippen LogP contribution in [0, 0.1) is 12.8 Å². The highest BCUT2D eigenvalue weighted by molar-refractivity contribution is 5.93. The van der Waals surface area contributed by atoms with Gasteiger partial charge in [-0.1, -0.05) is 0 Å². The molecule has 10 nitrogen and oxygen atoms in total. The second-order valence-electron chi connectivity index (χ2n) is 6.20. The maximum atomic E-state index is 12.1. The van der Waals surface area contributed by atoms with E-state index in [1.807, 2.05) is 11.5 Å². The molecule has 3 rings (SSSR count). The van der Waals surface area contributed by atoms with Gasteiger partial charge in [-0.25, -0.2) is 4.98 Å². The topological polar surface area (TPSA) is 129 Å². The largest absolute Gasteiger partial charge is 0.483 e. The Morgan fingerprint density at radius 3 is 2.81 bits per heavy atom. The summed E-state index contributed by atoms with van der Waals surface area (Å²) in [7, 11) is 0. The summed E-state index contributed by atoms with van der Waals surface area (Å²) in [5, 5.41) is 17.5. The molecule has 0 bridgehead atoms. The van der Waals surface area contributed by atoms with Crippen molar-refractivity contribution < 1.29 is 14.7 Å². The van der Waals surface area contributed by atoms with Gasteiger partial charge in [0.15, 0.2) is 0 Å². The minimum Gasteiger partial charge on any atom is -0.483 e. The minimum absolute atomic E-state index is 0.0923. The van der Waals surface area contributed by atoms with Gasteiger partial charge in [-0.15, -0.1) is 10.2 Å². The van der Waals surface area contributed by atoms with Crippen molar-refractivity contribution in [2.75, 3.05) is 26.2 Å². The number of hydrogen-bond donors (Lipinski definition) is 3. The average molecular weight is 363 g/mol. The van der Waals surface area contributed by atoms with Gasteiger partial charge in [-0.3, -0.25) is 9.59 Å². The second-order valence-corrected chi connectivity index (χ2v) is 6.20. The van der Waals surface area contributed by atoms with E-state index in [4.69, 9.17) is 9.90 Å². The van der Waals surface area contributed by atoms with Crippen LogP contribution < -0.4 is 5.32 Å². The van der Waals surface area contributed by atoms with Crippen LogP contribution in [0.3, 0.4) is 0 Å². The summed E-state index contributed by atoms with van der Waals surface area (Å²) in [6.07, 6.45) is 7.37. The zero-order valence-corrected chi connectivity index (χ0v) is 14.8. The Kier molecular flexibility index (Phi) is 7.75. The Balaban J connectivity index is 0.000000758. The molecule has 2 aromatic heterocycles. The first-order valence-corrected chi connectivity index (χ1v) is 8.54. The van der Waals surface area contributed by atoms with Gasteiger partial charge in [0.1, 0.15) is 18.3 Å². The second kappa shape index (κ2) is 10.3. The molecule has 0 radical (unpaired) electrons. The number of aromatic nitrogens is 5. The van der Waals surface area contributed by atoms with Crippen molar-refractivity contribution in [1.82, 2.24) is 34.9 Å². The first-order valence-electron chi connectivity index (χ1n) is 8.54. The number of carbonyl (C=O) groups excluding carboxylic acids is 1. The standard InChI is InChI=1S/C15H23N7O.CH2O2/c1-12-14(18-9-17-12)15(23)16-7-13-3-2-4-21(8-13)5-6-22-10-19-20-11-22;2-1-3/h9-11,13H,2-8H2,1H3,(H,16,23)(H,17,18);1H,(H,2,3). The fraction of sp³-hybridized carbons (Fsp3) is 0.562. The van der Waals surface area contributed by atoms with Crippen LogP contribution in [0.15, 0.2) is 19.0 Å². The van der Waals surface area contributed by atoms with E-state index in [-0.39, 0.29) is 12.4 Å². The molecule has 3 heterocycles. The molecule has 1 aliphatic heterocycles. The summed E-state index contributed by atoms with van der Waals surface area (Å²) in [5.74, 6) is 0.401. The first kappa shape index (κ1) is 19.6. The highest BCUT2D eigenvalue weighted by Crippen LogP contribution is 2.16. The Morgan fingerprint density at radius 2 is 2.15 bits per heavy atom. The summed E-state index contributed by atoms with van der Waals surface area (Å²) < 4.78 is 1.99. The van der Waals surface area contributed by atoms with E-state index in [0.717, 1.165) is 38.3 Å². The third-order valence-corrected chi connectivity index (χ3v) is 4.34. The molecule has 0 aliphatic carbocycles. The zero-order chi connectivity index (χ0) is 18.8. The van der Waals surface area contributed by atoms with Crippen molar-refractivity contribution in [2.24, 2.45) is 5.92 Å². The lowest BCUT2D eigenvalue weighted by Gasteiger charge is -2.32. The maximum absolute atomic E-state index is 12.1. The summed E-state index contributed by atoms with van der Waals surface area (Å²) in [6.45, 7) is 6.33. The van der Waals surface area contributed by atoms with Gasteiger partial charge in [0.05, 0.1) is 6.33 Å². The van der Waals surface area contributed by atoms with E-state index in [0.29, 0.717) is 18.2 Å². The molecular weight excluding hydrogens is 338 g/mol. The normalized spacial score (nSPS) is 17.2. The van der Waals surface area contributed by atoms with E-state index >= 15 is 0 Å². The van der Waals surface area contributed by atoms with Crippen LogP contribution in [0.4, 0.5) is 0 Å². The number of amides is 1. The third kappa shape index (κ3) is 5.96. The highest BCUT2D eigenvalue weighted by atomic mass is 16.3. The van der Waals surface area contributed by atoms with E-state index < -0.39 is 0 Å². The van der Waals surface area contributed by atoms with Crippen molar-refractivity contribution in [3.63, 3.8) is 0 Å². The van der Waals surface area contributed by atoms with Gasteiger partial charge < -0.3 is 24.9 Å². The predicted molar refractivity (Wildman–Crippen MR) is 93.5 cm³/mol. The van der Waals surface area contributed by atoms with Gasteiger partial charge in [-0.2, -0.15) is 0 Å². The van der Waals surface area contributed by atoms with Crippen LogP contribution in [0.1, 0.15) is 29.0 Å². The quantitative estimate of drug-likeness (QED) is 0.623. The monoisotopic (exact) mass is 363 g/mol. The van der Waals surface area contributed by atoms with Gasteiger partial charge in [0.2, 0.25) is 0 Å². The van der Waals surface area contributed by atoms with Gasteiger partial charge in [-0.05, 0) is 32.2 Å². The van der Waals surface area contributed by atoms with Crippen LogP contribution in [-0.4, -0.2) is 73.3 Å². The fourth-order valence-corrected chi connectivity index (χ4v) is 3.02. The minimum atomic E-state index is -0.250. The third-order valence-electron chi connectivity index (χ3n) is 4.34. The van der Waals surface area contributed by atoms with Crippen molar-refractivity contribution >= 4 is 12.4 Å². The lowest BCUT2D eigenvalue weighted by atomic mass is 9.98. The molecule has 26 heavy (non-hydrogen) atoms. The number of aromatic amines is 1. The zero-order valence-electron chi connectivity index (χ0n) is 14.8. The fourth-order valence-electron chi connectivity index (χ4n) is 3.02. The Labute approximate surface area is 151 Å². The number of carbonyl (C=O) groups is 2. The molecule has 10 heteroatoms. The number of H-pyrrole nitrogens is 1. The molecular formula is C16H25N7O3. The van der Waals surface area contributed by atoms with Crippen molar-refractivity contribution in [2.45, 2.75) is 26.3 Å². The summed E-state index contributed by atoms with van der Waals surface area (Å²) in [4.78, 5) is 29.9. The summed E-state index contributed by atoms with van der Waals surface area (Å²) in [5.41, 5.74) is 1.30. The van der Waals surface area contributed by atoms with Crippen LogP contribution in [0.2, 0.25) is 0 Å². The average Bonchev–Trinajstić information content (AvgIpc) is 3.30. The molecule has 1 unspecified atom stereocenters. The van der Waals surface area contributed by atoms with Gasteiger partial charge in [0.25, 0.3) is 12.4 Å². The molecule has 0 aromatic carbocycles. The van der Waals surface area contributed by atoms with Crippen molar-refractivity contribution in [3.05, 3.63) is 30.4 Å². The van der Waals surface area contributed by atoms with E-state index in [9.17, 15) is 4.79 Å². The number of hydrogen-bond acceptors (Lipinski definition) is 6. The summed E-state index contributed by atoms with van der Waals surface area (Å²) >= 11 is 0.